The molecular weight excluding hydrogens is 549 g/mol. The fraction of sp³-hybridized carbons (Fsp3) is 0.500. The number of nitrogens with one attached hydrogen (secondary N) is 1. The molecule has 1 aromatic heterocycles. The van der Waals surface area contributed by atoms with Crippen LogP contribution in [-0.2, 0) is 24.4 Å². The van der Waals surface area contributed by atoms with Gasteiger partial charge in [0.2, 0.25) is 0 Å². The normalized spacial score (nSPS) is 25.9. The Morgan fingerprint density at radius 3 is 2.63 bits per heavy atom. The number of aliphatic hydroxyl groups is 1. The molecule has 2 bridgehead atoms. The van der Waals surface area contributed by atoms with Gasteiger partial charge in [0.1, 0.15) is 17.5 Å². The van der Waals surface area contributed by atoms with Crippen LogP contribution in [-0.4, -0.2) is 71.7 Å². The van der Waals surface area contributed by atoms with Gasteiger partial charge in [0.15, 0.2) is 5.60 Å². The summed E-state index contributed by atoms with van der Waals surface area (Å²) in [4.78, 5) is 20.8. The number of alkyl halides is 3. The zero-order valence-electron chi connectivity index (χ0n) is 20.0. The molecule has 3 aliphatic rings. The van der Waals surface area contributed by atoms with Crippen LogP contribution in [0, 0.1) is 0 Å². The van der Waals surface area contributed by atoms with Gasteiger partial charge < -0.3 is 24.2 Å². The van der Waals surface area contributed by atoms with Gasteiger partial charge in [-0.2, -0.15) is 13.2 Å². The van der Waals surface area contributed by atoms with E-state index in [-0.39, 0.29) is 37.4 Å². The summed E-state index contributed by atoms with van der Waals surface area (Å²) in [5.41, 5.74) is -0.171. The Labute approximate surface area is 224 Å². The molecule has 1 aromatic carbocycles. The van der Waals surface area contributed by atoms with E-state index in [9.17, 15) is 31.8 Å². The molecule has 2 N–H and O–H groups in total. The first-order valence-electron chi connectivity index (χ1n) is 12.0. The molecule has 2 aromatic rings. The van der Waals surface area contributed by atoms with Gasteiger partial charge in [0, 0.05) is 65.6 Å². The first kappa shape index (κ1) is 27.1. The summed E-state index contributed by atoms with van der Waals surface area (Å²) in [6, 6.07) is 5.40. The Balaban J connectivity index is 1.36. The van der Waals surface area contributed by atoms with Crippen LogP contribution in [0.15, 0.2) is 30.5 Å². The van der Waals surface area contributed by atoms with E-state index in [0.717, 1.165) is 5.56 Å². The number of halogens is 4. The smallest absolute Gasteiger partial charge is 0.417 e. The second-order valence-corrected chi connectivity index (χ2v) is 11.0. The maximum absolute atomic E-state index is 13.6. The fourth-order valence-corrected chi connectivity index (χ4v) is 6.02. The highest BCUT2D eigenvalue weighted by Crippen LogP contribution is 2.48. The number of aromatic nitrogens is 1. The number of carbonyl (C=O) groups is 1. The van der Waals surface area contributed by atoms with Gasteiger partial charge in [0.05, 0.1) is 13.1 Å². The first-order valence-corrected chi connectivity index (χ1v) is 13.5. The number of amides is 2. The van der Waals surface area contributed by atoms with Crippen molar-refractivity contribution in [3.63, 3.8) is 0 Å². The molecule has 5 rings (SSSR count). The van der Waals surface area contributed by atoms with E-state index in [1.807, 2.05) is 12.1 Å². The van der Waals surface area contributed by atoms with Crippen molar-refractivity contribution in [2.24, 2.45) is 0 Å². The molecule has 3 unspecified atom stereocenters. The summed E-state index contributed by atoms with van der Waals surface area (Å²) in [6.45, 7) is 0.630. The molecule has 2 fully saturated rings. The third kappa shape index (κ3) is 5.22. The molecule has 14 heteroatoms. The van der Waals surface area contributed by atoms with E-state index in [1.165, 1.54) is 4.90 Å². The third-order valence-electron chi connectivity index (χ3n) is 7.45. The van der Waals surface area contributed by atoms with E-state index in [4.69, 9.17) is 16.3 Å². The molecule has 2 saturated heterocycles. The lowest BCUT2D eigenvalue weighted by atomic mass is 9.85. The summed E-state index contributed by atoms with van der Waals surface area (Å²) in [6.07, 6.45) is -3.40. The van der Waals surface area contributed by atoms with E-state index in [2.05, 4.69) is 9.71 Å². The summed E-state index contributed by atoms with van der Waals surface area (Å²) in [5, 5.41) is 10.4. The van der Waals surface area contributed by atoms with Gasteiger partial charge in [-0.25, -0.2) is 14.5 Å². The molecular formula is C24H25ClF3N4O5S-. The molecule has 3 aliphatic heterocycles. The Hall–Kier alpha value is -2.45. The van der Waals surface area contributed by atoms with Crippen molar-refractivity contribution in [3.05, 3.63) is 46.7 Å². The highest BCUT2D eigenvalue weighted by Gasteiger charge is 2.61. The van der Waals surface area contributed by atoms with Crippen molar-refractivity contribution in [1.29, 1.82) is 0 Å². The second kappa shape index (κ2) is 10.3. The molecule has 9 nitrogen and oxygen atoms in total. The highest BCUT2D eigenvalue weighted by molar-refractivity contribution is 7.77. The number of benzene rings is 1. The molecule has 0 aliphatic carbocycles. The first-order chi connectivity index (χ1) is 17.9. The van der Waals surface area contributed by atoms with Crippen molar-refractivity contribution >= 4 is 28.9 Å². The zero-order valence-corrected chi connectivity index (χ0v) is 21.6. The maximum Gasteiger partial charge on any atom is 0.417 e. The molecule has 0 radical (unpaired) electrons. The number of ether oxygens (including phenoxy) is 1. The predicted octanol–water partition coefficient (Wildman–Crippen LogP) is 3.52. The van der Waals surface area contributed by atoms with Gasteiger partial charge >= 0.3 is 12.2 Å². The molecule has 0 saturated carbocycles. The average Bonchev–Trinajstić information content (AvgIpc) is 3.01. The largest absolute Gasteiger partial charge is 0.760 e. The van der Waals surface area contributed by atoms with Crippen LogP contribution in [0.25, 0.3) is 11.1 Å². The Morgan fingerprint density at radius 2 is 1.97 bits per heavy atom. The lowest BCUT2D eigenvalue weighted by molar-refractivity contribution is -0.277. The van der Waals surface area contributed by atoms with Crippen LogP contribution in [0.4, 0.5) is 18.0 Å². The van der Waals surface area contributed by atoms with Crippen LogP contribution in [0.1, 0.15) is 36.8 Å². The third-order valence-corrected chi connectivity index (χ3v) is 8.17. The highest BCUT2D eigenvalue weighted by atomic mass is 35.5. The number of fused-ring (bicyclic) bond motifs is 3. The van der Waals surface area contributed by atoms with Crippen LogP contribution < -0.4 is 9.46 Å². The van der Waals surface area contributed by atoms with Gasteiger partial charge in [-0.15, -0.1) is 0 Å². The van der Waals surface area contributed by atoms with Crippen LogP contribution in [0.3, 0.4) is 0 Å². The summed E-state index contributed by atoms with van der Waals surface area (Å²) in [5.74, 6) is 0.586. The lowest BCUT2D eigenvalue weighted by Gasteiger charge is -2.45. The number of carbonyl (C=O) groups excluding carboxylic acids is 1. The molecule has 206 valence electrons. The molecule has 4 heterocycles. The summed E-state index contributed by atoms with van der Waals surface area (Å²) in [7, 11) is 0. The minimum Gasteiger partial charge on any atom is -0.760 e. The Kier molecular flexibility index (Phi) is 7.33. The lowest BCUT2D eigenvalue weighted by Crippen LogP contribution is -2.60. The summed E-state index contributed by atoms with van der Waals surface area (Å²) < 4.78 is 70.3. The van der Waals surface area contributed by atoms with Crippen molar-refractivity contribution in [1.82, 2.24) is 19.5 Å². The molecule has 3 atom stereocenters. The van der Waals surface area contributed by atoms with E-state index in [0.29, 0.717) is 35.3 Å². The summed E-state index contributed by atoms with van der Waals surface area (Å²) >= 11 is 3.64. The van der Waals surface area contributed by atoms with Crippen LogP contribution in [0.5, 0.6) is 5.75 Å². The van der Waals surface area contributed by atoms with Gasteiger partial charge in [-0.05, 0) is 36.6 Å². The number of rotatable bonds is 4. The fourth-order valence-electron chi connectivity index (χ4n) is 5.58. The van der Waals surface area contributed by atoms with Gasteiger partial charge in [0.25, 0.3) is 0 Å². The SMILES string of the molecule is O=C(N1CCOc2ccc(-c3cnc(Cl)c(CNS(=O)[O-])c3)cc2C1)N1C2CCC1CC(O)(C(F)(F)F)C2. The average molecular weight is 574 g/mol. The van der Waals surface area contributed by atoms with Crippen molar-refractivity contribution in [2.45, 2.75) is 62.6 Å². The molecule has 2 amide bonds. The van der Waals surface area contributed by atoms with Crippen molar-refractivity contribution in [2.75, 3.05) is 13.2 Å². The number of hydrogen-bond acceptors (Lipinski definition) is 6. The second-order valence-electron chi connectivity index (χ2n) is 9.83. The standard InChI is InChI=1S/C24H26ClF3N4O5S/c25-21-16(12-30-38(35)36)8-15(11-29-21)14-1-4-20-17(7-14)13-31(5-6-37-20)22(33)32-18-2-3-19(32)10-23(34,9-18)24(26,27)28/h1,4,7-8,11,18-19,30,34H,2-3,5-6,9-10,12-13H2,(H,35,36)/p-1. The number of hydrogen-bond donors (Lipinski definition) is 2. The maximum atomic E-state index is 13.6. The predicted molar refractivity (Wildman–Crippen MR) is 131 cm³/mol. The van der Waals surface area contributed by atoms with Crippen LogP contribution in [0.2, 0.25) is 5.15 Å². The van der Waals surface area contributed by atoms with E-state index in [1.54, 1.807) is 23.2 Å². The topological polar surface area (TPSA) is 118 Å². The zero-order chi connectivity index (χ0) is 27.2. The number of nitrogens with zero attached hydrogens (tertiary/aromatic N) is 3. The number of pyridine rings is 1. The number of urea groups is 1. The minimum atomic E-state index is -4.74. The van der Waals surface area contributed by atoms with Gasteiger partial charge in [-0.1, -0.05) is 17.7 Å². The van der Waals surface area contributed by atoms with E-state index >= 15 is 0 Å². The Morgan fingerprint density at radius 1 is 1.26 bits per heavy atom. The monoisotopic (exact) mass is 573 g/mol. The van der Waals surface area contributed by atoms with Crippen molar-refractivity contribution in [3.8, 4) is 16.9 Å². The quantitative estimate of drug-likeness (QED) is 0.427. The molecule has 38 heavy (non-hydrogen) atoms. The van der Waals surface area contributed by atoms with Gasteiger partial charge in [-0.3, -0.25) is 4.21 Å². The Bertz CT molecular complexity index is 1250. The van der Waals surface area contributed by atoms with Crippen LogP contribution >= 0.6 is 11.6 Å². The van der Waals surface area contributed by atoms with E-state index < -0.39 is 48.0 Å². The minimum absolute atomic E-state index is 0.0340. The molecule has 0 spiro atoms. The number of piperidine rings is 1. The van der Waals surface area contributed by atoms with Crippen molar-refractivity contribution < 1.29 is 36.6 Å².